The van der Waals surface area contributed by atoms with E-state index in [-0.39, 0.29) is 11.4 Å². The van der Waals surface area contributed by atoms with Crippen molar-refractivity contribution in [2.75, 3.05) is 19.8 Å². The monoisotopic (exact) mass is 294 g/mol. The van der Waals surface area contributed by atoms with E-state index >= 15 is 0 Å². The van der Waals surface area contributed by atoms with Crippen LogP contribution in [0, 0.1) is 10.1 Å². The van der Waals surface area contributed by atoms with Gasteiger partial charge in [-0.25, -0.2) is 0 Å². The van der Waals surface area contributed by atoms with Gasteiger partial charge < -0.3 is 14.8 Å². The molecule has 0 radical (unpaired) electrons. The Hall–Kier alpha value is -1.82. The summed E-state index contributed by atoms with van der Waals surface area (Å²) in [6.45, 7) is 3.86. The second-order valence-electron chi connectivity index (χ2n) is 5.10. The molecule has 6 heteroatoms. The van der Waals surface area contributed by atoms with Crippen LogP contribution in [0.1, 0.15) is 32.6 Å². The maximum absolute atomic E-state index is 10.9. The smallest absolute Gasteiger partial charge is 0.311 e. The Morgan fingerprint density at radius 2 is 2.24 bits per heavy atom. The van der Waals surface area contributed by atoms with E-state index in [4.69, 9.17) is 9.47 Å². The molecule has 1 fully saturated rings. The summed E-state index contributed by atoms with van der Waals surface area (Å²) in [6, 6.07) is 5.16. The van der Waals surface area contributed by atoms with Crippen molar-refractivity contribution in [3.05, 3.63) is 28.3 Å². The lowest BCUT2D eigenvalue weighted by Crippen LogP contribution is -2.35. The Morgan fingerprint density at radius 1 is 1.38 bits per heavy atom. The molecule has 0 amide bonds. The minimum Gasteiger partial charge on any atom is -0.493 e. The zero-order valence-corrected chi connectivity index (χ0v) is 12.3. The van der Waals surface area contributed by atoms with Crippen molar-refractivity contribution in [1.29, 1.82) is 0 Å². The first kappa shape index (κ1) is 15.6. The summed E-state index contributed by atoms with van der Waals surface area (Å²) in [5.41, 5.74) is -0.0295. The normalized spacial score (nSPS) is 18.2. The molecule has 6 nitrogen and oxygen atoms in total. The molecule has 1 aromatic rings. The van der Waals surface area contributed by atoms with Crippen LogP contribution >= 0.6 is 0 Å². The molecule has 116 valence electrons. The summed E-state index contributed by atoms with van der Waals surface area (Å²) in [5.74, 6) is 0.871. The average molecular weight is 294 g/mol. The predicted octanol–water partition coefficient (Wildman–Crippen LogP) is 2.90. The number of nitrogens with zero attached hydrogens (tertiary/aromatic N) is 1. The van der Waals surface area contributed by atoms with Gasteiger partial charge in [0.05, 0.1) is 18.1 Å². The van der Waals surface area contributed by atoms with Crippen molar-refractivity contribution in [3.63, 3.8) is 0 Å². The summed E-state index contributed by atoms with van der Waals surface area (Å²) >= 11 is 0. The van der Waals surface area contributed by atoms with E-state index in [2.05, 4.69) is 5.32 Å². The number of hydrogen-bond acceptors (Lipinski definition) is 5. The molecule has 0 bridgehead atoms. The SMILES string of the molecule is CCOc1cc(OCCC2CCCCN2)ccc1[N+](=O)[O-]. The summed E-state index contributed by atoms with van der Waals surface area (Å²) in [5, 5.41) is 14.4. The Balaban J connectivity index is 1.90. The summed E-state index contributed by atoms with van der Waals surface area (Å²) in [6.07, 6.45) is 4.65. The number of nitro groups is 1. The van der Waals surface area contributed by atoms with Gasteiger partial charge in [0.2, 0.25) is 5.75 Å². The van der Waals surface area contributed by atoms with Crippen LogP contribution in [-0.4, -0.2) is 30.7 Å². The van der Waals surface area contributed by atoms with Gasteiger partial charge in [-0.3, -0.25) is 10.1 Å². The second kappa shape index (κ2) is 7.83. The van der Waals surface area contributed by atoms with Crippen molar-refractivity contribution < 1.29 is 14.4 Å². The van der Waals surface area contributed by atoms with E-state index in [0.717, 1.165) is 13.0 Å². The van der Waals surface area contributed by atoms with Gasteiger partial charge in [0.15, 0.2) is 0 Å². The van der Waals surface area contributed by atoms with Gasteiger partial charge in [-0.1, -0.05) is 6.42 Å². The van der Waals surface area contributed by atoms with Crippen LogP contribution in [0.5, 0.6) is 11.5 Å². The van der Waals surface area contributed by atoms with Crippen molar-refractivity contribution in [2.24, 2.45) is 0 Å². The standard InChI is InChI=1S/C15H22N2O4/c1-2-20-15-11-13(6-7-14(15)17(18)19)21-10-8-12-5-3-4-9-16-12/h6-7,11-12,16H,2-5,8-10H2,1H3. The van der Waals surface area contributed by atoms with Crippen molar-refractivity contribution in [2.45, 2.75) is 38.6 Å². The van der Waals surface area contributed by atoms with E-state index in [0.29, 0.717) is 25.0 Å². The molecule has 21 heavy (non-hydrogen) atoms. The average Bonchev–Trinajstić information content (AvgIpc) is 2.49. The molecule has 1 N–H and O–H groups in total. The lowest BCUT2D eigenvalue weighted by atomic mass is 10.0. The number of nitro benzene ring substituents is 1. The largest absolute Gasteiger partial charge is 0.493 e. The lowest BCUT2D eigenvalue weighted by molar-refractivity contribution is -0.385. The van der Waals surface area contributed by atoms with E-state index in [9.17, 15) is 10.1 Å². The molecule has 1 aliphatic heterocycles. The lowest BCUT2D eigenvalue weighted by Gasteiger charge is -2.23. The summed E-state index contributed by atoms with van der Waals surface area (Å²) < 4.78 is 11.0. The van der Waals surface area contributed by atoms with Crippen LogP contribution in [0.25, 0.3) is 0 Å². The molecular formula is C15H22N2O4. The Morgan fingerprint density at radius 3 is 2.90 bits per heavy atom. The van der Waals surface area contributed by atoms with Crippen LogP contribution in [-0.2, 0) is 0 Å². The zero-order valence-electron chi connectivity index (χ0n) is 12.3. The molecule has 0 saturated carbocycles. The topological polar surface area (TPSA) is 73.6 Å². The van der Waals surface area contributed by atoms with Crippen LogP contribution in [0.2, 0.25) is 0 Å². The zero-order chi connectivity index (χ0) is 15.1. The second-order valence-corrected chi connectivity index (χ2v) is 5.10. The Kier molecular flexibility index (Phi) is 5.80. The third-order valence-electron chi connectivity index (χ3n) is 3.58. The van der Waals surface area contributed by atoms with Gasteiger partial charge in [0, 0.05) is 18.2 Å². The van der Waals surface area contributed by atoms with Crippen molar-refractivity contribution >= 4 is 5.69 Å². The van der Waals surface area contributed by atoms with Gasteiger partial charge in [-0.05, 0) is 38.8 Å². The molecule has 1 atom stereocenters. The quantitative estimate of drug-likeness (QED) is 0.618. The van der Waals surface area contributed by atoms with E-state index < -0.39 is 4.92 Å². The highest BCUT2D eigenvalue weighted by atomic mass is 16.6. The third kappa shape index (κ3) is 4.60. The number of hydrogen-bond donors (Lipinski definition) is 1. The first-order valence-corrected chi connectivity index (χ1v) is 7.48. The molecule has 1 unspecified atom stereocenters. The van der Waals surface area contributed by atoms with E-state index in [1.165, 1.54) is 25.3 Å². The number of nitrogens with one attached hydrogen (secondary N) is 1. The van der Waals surface area contributed by atoms with Gasteiger partial charge in [-0.2, -0.15) is 0 Å². The molecule has 1 heterocycles. The summed E-state index contributed by atoms with van der Waals surface area (Å²) in [4.78, 5) is 10.5. The molecule has 0 aromatic heterocycles. The van der Waals surface area contributed by atoms with Gasteiger partial charge >= 0.3 is 5.69 Å². The third-order valence-corrected chi connectivity index (χ3v) is 3.58. The number of ether oxygens (including phenoxy) is 2. The maximum atomic E-state index is 10.9. The molecule has 1 aliphatic rings. The first-order chi connectivity index (χ1) is 10.2. The van der Waals surface area contributed by atoms with E-state index in [1.54, 1.807) is 19.1 Å². The predicted molar refractivity (Wildman–Crippen MR) is 80.0 cm³/mol. The number of piperidine rings is 1. The Labute approximate surface area is 124 Å². The Bertz CT molecular complexity index is 473. The van der Waals surface area contributed by atoms with E-state index in [1.807, 2.05) is 0 Å². The summed E-state index contributed by atoms with van der Waals surface area (Å²) in [7, 11) is 0. The van der Waals surface area contributed by atoms with Crippen LogP contribution < -0.4 is 14.8 Å². The van der Waals surface area contributed by atoms with Gasteiger partial charge in [-0.15, -0.1) is 0 Å². The fourth-order valence-electron chi connectivity index (χ4n) is 2.50. The molecule has 1 saturated heterocycles. The van der Waals surface area contributed by atoms with Gasteiger partial charge in [0.1, 0.15) is 5.75 Å². The molecule has 1 aromatic carbocycles. The molecule has 2 rings (SSSR count). The number of benzene rings is 1. The molecular weight excluding hydrogens is 272 g/mol. The fourth-order valence-corrected chi connectivity index (χ4v) is 2.50. The fraction of sp³-hybridized carbons (Fsp3) is 0.600. The highest BCUT2D eigenvalue weighted by Crippen LogP contribution is 2.31. The molecule has 0 aliphatic carbocycles. The highest BCUT2D eigenvalue weighted by molar-refractivity contribution is 5.50. The molecule has 0 spiro atoms. The highest BCUT2D eigenvalue weighted by Gasteiger charge is 2.16. The first-order valence-electron chi connectivity index (χ1n) is 7.48. The van der Waals surface area contributed by atoms with Crippen molar-refractivity contribution in [3.8, 4) is 11.5 Å². The number of rotatable bonds is 7. The van der Waals surface area contributed by atoms with Crippen LogP contribution in [0.3, 0.4) is 0 Å². The van der Waals surface area contributed by atoms with Crippen molar-refractivity contribution in [1.82, 2.24) is 5.32 Å². The minimum absolute atomic E-state index is 0.0295. The minimum atomic E-state index is -0.444. The van der Waals surface area contributed by atoms with Crippen LogP contribution in [0.4, 0.5) is 5.69 Å². The van der Waals surface area contributed by atoms with Gasteiger partial charge in [0.25, 0.3) is 0 Å². The maximum Gasteiger partial charge on any atom is 0.311 e. The van der Waals surface area contributed by atoms with Crippen LogP contribution in [0.15, 0.2) is 18.2 Å².